The second-order valence-corrected chi connectivity index (χ2v) is 3.95. The largest absolute Gasteiger partial charge is 0.504 e. The van der Waals surface area contributed by atoms with Crippen molar-refractivity contribution in [3.8, 4) is 11.5 Å². The number of aryl methyl sites for hydroxylation is 1. The van der Waals surface area contributed by atoms with Crippen LogP contribution in [-0.2, 0) is 0 Å². The van der Waals surface area contributed by atoms with Crippen LogP contribution >= 0.6 is 12.2 Å². The Morgan fingerprint density at radius 1 is 1.56 bits per heavy atom. The number of nitrogens with zero attached hydrogens (tertiary/aromatic N) is 3. The van der Waals surface area contributed by atoms with Crippen molar-refractivity contribution in [2.75, 3.05) is 7.11 Å². The topological polar surface area (TPSA) is 75.4 Å². The molecule has 1 aromatic heterocycles. The predicted molar refractivity (Wildman–Crippen MR) is 69.8 cm³/mol. The number of aromatic amines is 1. The van der Waals surface area contributed by atoms with Crippen LogP contribution in [0.1, 0.15) is 11.4 Å². The van der Waals surface area contributed by atoms with E-state index in [9.17, 15) is 5.11 Å². The fourth-order valence-corrected chi connectivity index (χ4v) is 1.64. The molecule has 0 atom stereocenters. The van der Waals surface area contributed by atoms with Gasteiger partial charge in [0.2, 0.25) is 4.77 Å². The van der Waals surface area contributed by atoms with Gasteiger partial charge in [-0.25, -0.2) is 0 Å². The van der Waals surface area contributed by atoms with Gasteiger partial charge in [-0.2, -0.15) is 14.9 Å². The first-order chi connectivity index (χ1) is 8.61. The number of hydrogen-bond donors (Lipinski definition) is 2. The molecular weight excluding hydrogens is 252 g/mol. The van der Waals surface area contributed by atoms with E-state index in [2.05, 4.69) is 15.3 Å². The van der Waals surface area contributed by atoms with Crippen LogP contribution in [0.5, 0.6) is 11.5 Å². The third-order valence-electron chi connectivity index (χ3n) is 2.34. The molecule has 0 spiro atoms. The number of phenols is 1. The Hall–Kier alpha value is -2.15. The number of rotatable bonds is 3. The van der Waals surface area contributed by atoms with Crippen LogP contribution < -0.4 is 4.74 Å². The van der Waals surface area contributed by atoms with E-state index in [1.165, 1.54) is 11.8 Å². The van der Waals surface area contributed by atoms with Crippen LogP contribution in [0.2, 0.25) is 0 Å². The molecule has 0 aliphatic carbocycles. The fraction of sp³-hybridized carbons (Fsp3) is 0.182. The standard InChI is InChI=1S/C11H12N4O2S/c1-7-13-14-11(18)15(7)12-6-8-3-4-10(17-2)9(16)5-8/h3-6,16H,1-2H3,(H,14,18). The van der Waals surface area contributed by atoms with Gasteiger partial charge < -0.3 is 9.84 Å². The van der Waals surface area contributed by atoms with Crippen molar-refractivity contribution < 1.29 is 9.84 Å². The van der Waals surface area contributed by atoms with Crippen LogP contribution in [0.4, 0.5) is 0 Å². The van der Waals surface area contributed by atoms with E-state index in [0.29, 0.717) is 16.3 Å². The summed E-state index contributed by atoms with van der Waals surface area (Å²) in [5, 5.41) is 20.4. The lowest BCUT2D eigenvalue weighted by Crippen LogP contribution is -1.94. The van der Waals surface area contributed by atoms with Gasteiger partial charge in [-0.05, 0) is 42.9 Å². The number of aromatic hydroxyl groups is 1. The van der Waals surface area contributed by atoms with E-state index < -0.39 is 0 Å². The lowest BCUT2D eigenvalue weighted by Gasteiger charge is -2.03. The minimum absolute atomic E-state index is 0.0639. The van der Waals surface area contributed by atoms with Gasteiger partial charge in [-0.15, -0.1) is 0 Å². The molecule has 0 fully saturated rings. The summed E-state index contributed by atoms with van der Waals surface area (Å²) in [4.78, 5) is 0. The quantitative estimate of drug-likeness (QED) is 0.655. The van der Waals surface area contributed by atoms with Crippen LogP contribution in [0.3, 0.4) is 0 Å². The van der Waals surface area contributed by atoms with Crippen molar-refractivity contribution in [3.05, 3.63) is 34.4 Å². The second-order valence-electron chi connectivity index (χ2n) is 3.56. The molecule has 0 unspecified atom stereocenters. The highest BCUT2D eigenvalue weighted by Gasteiger charge is 2.01. The molecule has 0 bridgehead atoms. The summed E-state index contributed by atoms with van der Waals surface area (Å²) >= 11 is 5.02. The minimum Gasteiger partial charge on any atom is -0.504 e. The smallest absolute Gasteiger partial charge is 0.216 e. The molecule has 0 radical (unpaired) electrons. The summed E-state index contributed by atoms with van der Waals surface area (Å²) < 4.78 is 6.87. The molecule has 0 saturated carbocycles. The summed E-state index contributed by atoms with van der Waals surface area (Å²) in [6.45, 7) is 1.79. The third-order valence-corrected chi connectivity index (χ3v) is 2.60. The lowest BCUT2D eigenvalue weighted by molar-refractivity contribution is 0.373. The van der Waals surface area contributed by atoms with Crippen molar-refractivity contribution in [2.24, 2.45) is 5.10 Å². The average molecular weight is 264 g/mol. The number of nitrogens with one attached hydrogen (secondary N) is 1. The number of ether oxygens (including phenoxy) is 1. The number of phenolic OH excluding ortho intramolecular Hbond substituents is 1. The molecule has 1 heterocycles. The molecule has 0 aliphatic rings. The summed E-state index contributed by atoms with van der Waals surface area (Å²) in [6, 6.07) is 5.00. The van der Waals surface area contributed by atoms with Crippen molar-refractivity contribution in [2.45, 2.75) is 6.92 Å². The zero-order valence-electron chi connectivity index (χ0n) is 9.91. The Morgan fingerprint density at radius 2 is 2.33 bits per heavy atom. The maximum absolute atomic E-state index is 9.63. The molecule has 0 saturated heterocycles. The summed E-state index contributed by atoms with van der Waals surface area (Å²) in [6.07, 6.45) is 1.58. The van der Waals surface area contributed by atoms with Gasteiger partial charge in [0.15, 0.2) is 11.5 Å². The van der Waals surface area contributed by atoms with E-state index in [4.69, 9.17) is 17.0 Å². The Bertz CT molecular complexity index is 645. The van der Waals surface area contributed by atoms with Gasteiger partial charge in [0.25, 0.3) is 0 Å². The Kier molecular flexibility index (Phi) is 3.42. The molecule has 2 aromatic rings. The average Bonchev–Trinajstić information content (AvgIpc) is 2.67. The second kappa shape index (κ2) is 5.01. The first-order valence-corrected chi connectivity index (χ1v) is 5.58. The van der Waals surface area contributed by atoms with Gasteiger partial charge in [0.1, 0.15) is 5.82 Å². The molecule has 1 aromatic carbocycles. The number of methoxy groups -OCH3 is 1. The first kappa shape index (κ1) is 12.3. The Labute approximate surface area is 109 Å². The summed E-state index contributed by atoms with van der Waals surface area (Å²) in [7, 11) is 1.50. The SMILES string of the molecule is COc1ccc(C=Nn2c(C)n[nH]c2=S)cc1O. The van der Waals surface area contributed by atoms with E-state index >= 15 is 0 Å². The molecule has 0 amide bonds. The van der Waals surface area contributed by atoms with Crippen molar-refractivity contribution in [1.29, 1.82) is 0 Å². The van der Waals surface area contributed by atoms with E-state index in [1.807, 2.05) is 0 Å². The number of H-pyrrole nitrogens is 1. The predicted octanol–water partition coefficient (Wildman–Crippen LogP) is 1.85. The molecule has 2 N–H and O–H groups in total. The van der Waals surface area contributed by atoms with Gasteiger partial charge in [-0.3, -0.25) is 5.10 Å². The van der Waals surface area contributed by atoms with E-state index in [1.54, 1.807) is 31.3 Å². The Balaban J connectivity index is 2.30. The lowest BCUT2D eigenvalue weighted by atomic mass is 10.2. The third kappa shape index (κ3) is 2.40. The first-order valence-electron chi connectivity index (χ1n) is 5.17. The molecule has 6 nitrogen and oxygen atoms in total. The van der Waals surface area contributed by atoms with Crippen molar-refractivity contribution in [1.82, 2.24) is 14.9 Å². The highest BCUT2D eigenvalue weighted by molar-refractivity contribution is 7.71. The maximum Gasteiger partial charge on any atom is 0.216 e. The van der Waals surface area contributed by atoms with Crippen LogP contribution in [0.25, 0.3) is 0 Å². The molecule has 7 heteroatoms. The van der Waals surface area contributed by atoms with Gasteiger partial charge in [-0.1, -0.05) is 0 Å². The number of benzene rings is 1. The van der Waals surface area contributed by atoms with Crippen LogP contribution in [-0.4, -0.2) is 33.3 Å². The van der Waals surface area contributed by atoms with Gasteiger partial charge in [0.05, 0.1) is 13.3 Å². The van der Waals surface area contributed by atoms with E-state index in [-0.39, 0.29) is 5.75 Å². The Morgan fingerprint density at radius 3 is 2.89 bits per heavy atom. The van der Waals surface area contributed by atoms with Crippen LogP contribution in [0, 0.1) is 11.7 Å². The number of hydrogen-bond acceptors (Lipinski definition) is 5. The molecular formula is C11H12N4O2S. The number of aromatic nitrogens is 3. The highest BCUT2D eigenvalue weighted by atomic mass is 32.1. The van der Waals surface area contributed by atoms with Crippen molar-refractivity contribution >= 4 is 18.4 Å². The fourth-order valence-electron chi connectivity index (χ4n) is 1.42. The molecule has 2 rings (SSSR count). The van der Waals surface area contributed by atoms with E-state index in [0.717, 1.165) is 5.56 Å². The molecule has 0 aliphatic heterocycles. The maximum atomic E-state index is 9.63. The van der Waals surface area contributed by atoms with Crippen molar-refractivity contribution in [3.63, 3.8) is 0 Å². The zero-order valence-corrected chi connectivity index (χ0v) is 10.7. The van der Waals surface area contributed by atoms with Crippen LogP contribution in [0.15, 0.2) is 23.3 Å². The summed E-state index contributed by atoms with van der Waals surface area (Å²) in [5.41, 5.74) is 0.732. The molecule has 94 valence electrons. The normalized spacial score (nSPS) is 11.0. The summed E-state index contributed by atoms with van der Waals surface area (Å²) in [5.74, 6) is 1.14. The van der Waals surface area contributed by atoms with Gasteiger partial charge in [0, 0.05) is 0 Å². The highest BCUT2D eigenvalue weighted by Crippen LogP contribution is 2.25. The minimum atomic E-state index is 0.0639. The monoisotopic (exact) mass is 264 g/mol. The zero-order chi connectivity index (χ0) is 13.1. The van der Waals surface area contributed by atoms with Gasteiger partial charge >= 0.3 is 0 Å². The molecule has 18 heavy (non-hydrogen) atoms.